The number of nitrogen functional groups attached to an aromatic ring is 1. The van der Waals surface area contributed by atoms with Crippen molar-refractivity contribution in [2.24, 2.45) is 5.84 Å². The lowest BCUT2D eigenvalue weighted by Crippen LogP contribution is -2.30. The summed E-state index contributed by atoms with van der Waals surface area (Å²) in [6.07, 6.45) is 2.96. The number of hydrogen-bond acceptors (Lipinski definition) is 5. The lowest BCUT2D eigenvalue weighted by atomic mass is 10.1. The maximum Gasteiger partial charge on any atom is 0.267 e. The van der Waals surface area contributed by atoms with Crippen molar-refractivity contribution in [2.75, 3.05) is 7.11 Å². The number of benzene rings is 1. The number of hydrogen-bond donors (Lipinski definition) is 2. The summed E-state index contributed by atoms with van der Waals surface area (Å²) in [6, 6.07) is 3.28. The fraction of sp³-hybridized carbons (Fsp3) is 0.100. The van der Waals surface area contributed by atoms with Crippen LogP contribution in [0.3, 0.4) is 0 Å². The Morgan fingerprint density at radius 3 is 3.00 bits per heavy atom. The standard InChI is InChI=1S/C10H10N4O2/c1-16-8-3-2-6(10(15)14-11)9-7(8)4-12-5-13-9/h2-5H,11H2,1H3,(H,14,15). The van der Waals surface area contributed by atoms with E-state index in [-0.39, 0.29) is 0 Å². The predicted octanol–water partition coefficient (Wildman–Crippen LogP) is 0.242. The zero-order valence-corrected chi connectivity index (χ0v) is 8.60. The number of rotatable bonds is 2. The molecule has 6 heteroatoms. The minimum Gasteiger partial charge on any atom is -0.496 e. The van der Waals surface area contributed by atoms with Crippen LogP contribution in [0.15, 0.2) is 24.7 Å². The summed E-state index contributed by atoms with van der Waals surface area (Å²) in [5.41, 5.74) is 2.97. The fourth-order valence-electron chi connectivity index (χ4n) is 1.49. The van der Waals surface area contributed by atoms with Gasteiger partial charge in [0.2, 0.25) is 0 Å². The number of ether oxygens (including phenoxy) is 1. The van der Waals surface area contributed by atoms with Gasteiger partial charge in [0, 0.05) is 6.20 Å². The first-order valence-corrected chi connectivity index (χ1v) is 4.55. The van der Waals surface area contributed by atoms with E-state index >= 15 is 0 Å². The molecule has 1 aromatic carbocycles. The van der Waals surface area contributed by atoms with Gasteiger partial charge in [-0.3, -0.25) is 10.2 Å². The molecule has 1 aromatic heterocycles. The molecule has 0 aliphatic carbocycles. The predicted molar refractivity (Wildman–Crippen MR) is 57.7 cm³/mol. The molecule has 0 unspecified atom stereocenters. The number of carbonyl (C=O) groups excluding carboxylic acids is 1. The first-order valence-electron chi connectivity index (χ1n) is 4.55. The second-order valence-electron chi connectivity index (χ2n) is 3.07. The summed E-state index contributed by atoms with van der Waals surface area (Å²) < 4.78 is 5.15. The van der Waals surface area contributed by atoms with Gasteiger partial charge < -0.3 is 4.74 Å². The summed E-state index contributed by atoms with van der Waals surface area (Å²) in [5, 5.41) is 0.672. The van der Waals surface area contributed by atoms with E-state index in [2.05, 4.69) is 15.4 Å². The van der Waals surface area contributed by atoms with Crippen LogP contribution in [0.2, 0.25) is 0 Å². The highest BCUT2D eigenvalue weighted by Crippen LogP contribution is 2.25. The molecule has 0 aliphatic rings. The van der Waals surface area contributed by atoms with Gasteiger partial charge in [-0.15, -0.1) is 0 Å². The third kappa shape index (κ3) is 1.55. The number of carbonyl (C=O) groups is 1. The van der Waals surface area contributed by atoms with Crippen molar-refractivity contribution in [1.82, 2.24) is 15.4 Å². The molecule has 2 rings (SSSR count). The molecule has 2 aromatic rings. The summed E-state index contributed by atoms with van der Waals surface area (Å²) in [5.74, 6) is 5.31. The van der Waals surface area contributed by atoms with Crippen LogP contribution in [0, 0.1) is 0 Å². The summed E-state index contributed by atoms with van der Waals surface area (Å²) in [4.78, 5) is 19.4. The van der Waals surface area contributed by atoms with Crippen molar-refractivity contribution >= 4 is 16.8 Å². The molecule has 0 aliphatic heterocycles. The van der Waals surface area contributed by atoms with Gasteiger partial charge in [0.25, 0.3) is 5.91 Å². The molecule has 16 heavy (non-hydrogen) atoms. The average Bonchev–Trinajstić information content (AvgIpc) is 2.36. The van der Waals surface area contributed by atoms with Gasteiger partial charge >= 0.3 is 0 Å². The molecule has 1 amide bonds. The number of fused-ring (bicyclic) bond motifs is 1. The quantitative estimate of drug-likeness (QED) is 0.428. The zero-order valence-electron chi connectivity index (χ0n) is 8.60. The summed E-state index contributed by atoms with van der Waals surface area (Å²) >= 11 is 0. The Bertz CT molecular complexity index is 541. The van der Waals surface area contributed by atoms with Gasteiger partial charge in [-0.25, -0.2) is 15.8 Å². The third-order valence-electron chi connectivity index (χ3n) is 2.23. The normalized spacial score (nSPS) is 10.1. The highest BCUT2D eigenvalue weighted by Gasteiger charge is 2.12. The number of nitrogens with zero attached hydrogens (tertiary/aromatic N) is 2. The van der Waals surface area contributed by atoms with Crippen LogP contribution in [0.25, 0.3) is 10.9 Å². The Kier molecular flexibility index (Phi) is 2.65. The van der Waals surface area contributed by atoms with Crippen molar-refractivity contribution in [3.63, 3.8) is 0 Å². The molecule has 3 N–H and O–H groups in total. The van der Waals surface area contributed by atoms with Gasteiger partial charge in [0.05, 0.1) is 23.6 Å². The van der Waals surface area contributed by atoms with Crippen LogP contribution in [-0.4, -0.2) is 23.0 Å². The average molecular weight is 218 g/mol. The van der Waals surface area contributed by atoms with E-state index in [1.54, 1.807) is 25.4 Å². The van der Waals surface area contributed by atoms with Crippen LogP contribution < -0.4 is 16.0 Å². The zero-order chi connectivity index (χ0) is 11.5. The van der Waals surface area contributed by atoms with Crippen molar-refractivity contribution < 1.29 is 9.53 Å². The van der Waals surface area contributed by atoms with Gasteiger partial charge in [0.1, 0.15) is 12.1 Å². The first-order chi connectivity index (χ1) is 7.77. The molecule has 0 radical (unpaired) electrons. The lowest BCUT2D eigenvalue weighted by Gasteiger charge is -2.07. The van der Waals surface area contributed by atoms with Gasteiger partial charge in [-0.2, -0.15) is 0 Å². The van der Waals surface area contributed by atoms with E-state index in [1.165, 1.54) is 6.33 Å². The smallest absolute Gasteiger partial charge is 0.267 e. The van der Waals surface area contributed by atoms with Gasteiger partial charge in [-0.05, 0) is 12.1 Å². The topological polar surface area (TPSA) is 90.1 Å². The van der Waals surface area contributed by atoms with Crippen LogP contribution in [0.1, 0.15) is 10.4 Å². The van der Waals surface area contributed by atoms with Crippen molar-refractivity contribution in [3.05, 3.63) is 30.2 Å². The molecule has 82 valence electrons. The maximum absolute atomic E-state index is 11.5. The number of nitrogens with two attached hydrogens (primary N) is 1. The van der Waals surface area contributed by atoms with Crippen LogP contribution >= 0.6 is 0 Å². The number of amides is 1. The van der Waals surface area contributed by atoms with E-state index < -0.39 is 5.91 Å². The molecule has 1 heterocycles. The third-order valence-corrected chi connectivity index (χ3v) is 2.23. The van der Waals surface area contributed by atoms with Crippen LogP contribution in [-0.2, 0) is 0 Å². The van der Waals surface area contributed by atoms with E-state index in [4.69, 9.17) is 10.6 Å². The molecule has 0 spiro atoms. The van der Waals surface area contributed by atoms with Crippen LogP contribution in [0.4, 0.5) is 0 Å². The molecule has 0 bridgehead atoms. The Balaban J connectivity index is 2.74. The molecular weight excluding hydrogens is 208 g/mol. The Morgan fingerprint density at radius 1 is 1.50 bits per heavy atom. The van der Waals surface area contributed by atoms with E-state index in [9.17, 15) is 4.79 Å². The van der Waals surface area contributed by atoms with E-state index in [0.717, 1.165) is 0 Å². The monoisotopic (exact) mass is 218 g/mol. The lowest BCUT2D eigenvalue weighted by molar-refractivity contribution is 0.0955. The molecule has 0 atom stereocenters. The molecule has 0 fully saturated rings. The van der Waals surface area contributed by atoms with Crippen molar-refractivity contribution in [3.8, 4) is 5.75 Å². The minimum absolute atomic E-state index is 0.390. The Labute approximate surface area is 91.4 Å². The Hall–Kier alpha value is -2.21. The maximum atomic E-state index is 11.5. The Morgan fingerprint density at radius 2 is 2.31 bits per heavy atom. The number of hydrazine groups is 1. The minimum atomic E-state index is -0.397. The van der Waals surface area contributed by atoms with Gasteiger partial charge in [0.15, 0.2) is 0 Å². The van der Waals surface area contributed by atoms with Gasteiger partial charge in [-0.1, -0.05) is 0 Å². The first kappa shape index (κ1) is 10.3. The molecule has 0 saturated heterocycles. The summed E-state index contributed by atoms with van der Waals surface area (Å²) in [7, 11) is 1.55. The van der Waals surface area contributed by atoms with E-state index in [1.807, 2.05) is 0 Å². The SMILES string of the molecule is COc1ccc(C(=O)NN)c2ncncc12. The van der Waals surface area contributed by atoms with Crippen LogP contribution in [0.5, 0.6) is 5.75 Å². The second kappa shape index (κ2) is 4.11. The highest BCUT2D eigenvalue weighted by molar-refractivity contribution is 6.06. The van der Waals surface area contributed by atoms with Crippen molar-refractivity contribution in [1.29, 1.82) is 0 Å². The molecule has 6 nitrogen and oxygen atoms in total. The molecule has 0 saturated carbocycles. The van der Waals surface area contributed by atoms with E-state index in [0.29, 0.717) is 22.2 Å². The number of aromatic nitrogens is 2. The second-order valence-corrected chi connectivity index (χ2v) is 3.07. The largest absolute Gasteiger partial charge is 0.496 e. The highest BCUT2D eigenvalue weighted by atomic mass is 16.5. The number of nitrogens with one attached hydrogen (secondary N) is 1. The number of methoxy groups -OCH3 is 1. The fourth-order valence-corrected chi connectivity index (χ4v) is 1.49. The van der Waals surface area contributed by atoms with Crippen molar-refractivity contribution in [2.45, 2.75) is 0 Å². The molecular formula is C10H10N4O2. The summed E-state index contributed by atoms with van der Waals surface area (Å²) in [6.45, 7) is 0.